The van der Waals surface area contributed by atoms with Crippen molar-refractivity contribution in [2.75, 3.05) is 19.5 Å². The fourth-order valence-electron chi connectivity index (χ4n) is 2.76. The van der Waals surface area contributed by atoms with Gasteiger partial charge in [-0.05, 0) is 42.7 Å². The third-order valence-corrected chi connectivity index (χ3v) is 4.70. The van der Waals surface area contributed by atoms with Gasteiger partial charge in [0.2, 0.25) is 5.91 Å². The Kier molecular flexibility index (Phi) is 8.17. The summed E-state index contributed by atoms with van der Waals surface area (Å²) in [5, 5.41) is 6.22. The minimum atomic E-state index is -0.748. The van der Waals surface area contributed by atoms with Crippen molar-refractivity contribution in [3.05, 3.63) is 52.0 Å². The third-order valence-electron chi connectivity index (χ3n) is 4.16. The Morgan fingerprint density at radius 3 is 2.28 bits per heavy atom. The number of methoxy groups -OCH3 is 2. The summed E-state index contributed by atoms with van der Waals surface area (Å²) in [5.41, 5.74) is 0.781. The van der Waals surface area contributed by atoms with E-state index in [1.54, 1.807) is 24.3 Å². The first-order chi connectivity index (χ1) is 13.7. The Morgan fingerprint density at radius 2 is 1.69 bits per heavy atom. The van der Waals surface area contributed by atoms with Crippen molar-refractivity contribution in [2.24, 2.45) is 5.92 Å². The van der Waals surface area contributed by atoms with Crippen molar-refractivity contribution >= 4 is 40.7 Å². The quantitative estimate of drug-likeness (QED) is 0.620. The SMILES string of the molecule is COc1ccc(NC(=O)[C@@H](CC(C)C)NC(=O)c2ccc(Cl)cc2Cl)cc1OC. The average molecular weight is 439 g/mol. The first-order valence-corrected chi connectivity index (χ1v) is 9.79. The molecular weight excluding hydrogens is 415 g/mol. The van der Waals surface area contributed by atoms with Crippen LogP contribution in [0.15, 0.2) is 36.4 Å². The molecule has 6 nitrogen and oxygen atoms in total. The van der Waals surface area contributed by atoms with E-state index in [1.807, 2.05) is 13.8 Å². The molecule has 0 heterocycles. The maximum atomic E-state index is 12.9. The standard InChI is InChI=1S/C21H24Cl2N2O4/c1-12(2)9-17(25-20(26)15-7-5-13(22)10-16(15)23)21(27)24-14-6-8-18(28-3)19(11-14)29-4/h5-8,10-12,17H,9H2,1-4H3,(H,24,27)(H,25,26)/t17-/m1/s1. The second kappa shape index (κ2) is 10.4. The van der Waals surface area contributed by atoms with Gasteiger partial charge in [-0.2, -0.15) is 0 Å². The van der Waals surface area contributed by atoms with E-state index in [1.165, 1.54) is 26.4 Å². The van der Waals surface area contributed by atoms with Gasteiger partial charge in [-0.1, -0.05) is 37.0 Å². The van der Waals surface area contributed by atoms with Crippen molar-refractivity contribution in [1.82, 2.24) is 5.32 Å². The molecule has 0 radical (unpaired) electrons. The van der Waals surface area contributed by atoms with E-state index in [0.29, 0.717) is 28.6 Å². The van der Waals surface area contributed by atoms with Crippen LogP contribution in [0.1, 0.15) is 30.6 Å². The van der Waals surface area contributed by atoms with E-state index in [4.69, 9.17) is 32.7 Å². The lowest BCUT2D eigenvalue weighted by molar-refractivity contribution is -0.118. The molecular formula is C21H24Cl2N2O4. The van der Waals surface area contributed by atoms with Gasteiger partial charge in [0.1, 0.15) is 6.04 Å². The molecule has 2 N–H and O–H groups in total. The summed E-state index contributed by atoms with van der Waals surface area (Å²) in [5.74, 6) is 0.430. The van der Waals surface area contributed by atoms with Crippen LogP contribution in [0.2, 0.25) is 10.0 Å². The zero-order valence-electron chi connectivity index (χ0n) is 16.7. The van der Waals surface area contributed by atoms with Crippen LogP contribution in [0.5, 0.6) is 11.5 Å². The van der Waals surface area contributed by atoms with Crippen LogP contribution in [0.3, 0.4) is 0 Å². The van der Waals surface area contributed by atoms with Gasteiger partial charge in [0, 0.05) is 16.8 Å². The van der Waals surface area contributed by atoms with E-state index in [9.17, 15) is 9.59 Å². The first kappa shape index (κ1) is 22.8. The second-order valence-corrected chi connectivity index (χ2v) is 7.68. The maximum Gasteiger partial charge on any atom is 0.253 e. The number of nitrogens with one attached hydrogen (secondary N) is 2. The van der Waals surface area contributed by atoms with Crippen LogP contribution in [0, 0.1) is 5.92 Å². The molecule has 0 saturated heterocycles. The van der Waals surface area contributed by atoms with Gasteiger partial charge in [-0.15, -0.1) is 0 Å². The van der Waals surface area contributed by atoms with Gasteiger partial charge >= 0.3 is 0 Å². The van der Waals surface area contributed by atoms with Crippen LogP contribution < -0.4 is 20.1 Å². The van der Waals surface area contributed by atoms with Crippen molar-refractivity contribution in [3.63, 3.8) is 0 Å². The number of amides is 2. The van der Waals surface area contributed by atoms with Crippen molar-refractivity contribution in [2.45, 2.75) is 26.3 Å². The molecule has 0 spiro atoms. The Hall–Kier alpha value is -2.44. The molecule has 2 aromatic carbocycles. The predicted octanol–water partition coefficient (Wildman–Crippen LogP) is 4.79. The minimum absolute atomic E-state index is 0.178. The van der Waals surface area contributed by atoms with Crippen molar-refractivity contribution in [1.29, 1.82) is 0 Å². The molecule has 0 aliphatic rings. The monoisotopic (exact) mass is 438 g/mol. The molecule has 2 amide bonds. The smallest absolute Gasteiger partial charge is 0.253 e. The van der Waals surface area contributed by atoms with E-state index < -0.39 is 11.9 Å². The summed E-state index contributed by atoms with van der Waals surface area (Å²) in [4.78, 5) is 25.5. The zero-order chi connectivity index (χ0) is 21.6. The molecule has 0 bridgehead atoms. The average Bonchev–Trinajstić information content (AvgIpc) is 2.66. The number of carbonyl (C=O) groups excluding carboxylic acids is 2. The van der Waals surface area contributed by atoms with Gasteiger partial charge in [-0.25, -0.2) is 0 Å². The van der Waals surface area contributed by atoms with Crippen molar-refractivity contribution in [3.8, 4) is 11.5 Å². The van der Waals surface area contributed by atoms with Crippen LogP contribution in [0.4, 0.5) is 5.69 Å². The Bertz CT molecular complexity index is 887. The van der Waals surface area contributed by atoms with Gasteiger partial charge < -0.3 is 20.1 Å². The van der Waals surface area contributed by atoms with Crippen LogP contribution in [0.25, 0.3) is 0 Å². The van der Waals surface area contributed by atoms with Gasteiger partial charge in [-0.3, -0.25) is 9.59 Å². The summed E-state index contributed by atoms with van der Waals surface area (Å²) in [6, 6.07) is 8.88. The minimum Gasteiger partial charge on any atom is -0.493 e. The normalized spacial score (nSPS) is 11.7. The van der Waals surface area contributed by atoms with Crippen LogP contribution in [-0.4, -0.2) is 32.1 Å². The zero-order valence-corrected chi connectivity index (χ0v) is 18.2. The highest BCUT2D eigenvalue weighted by molar-refractivity contribution is 6.36. The van der Waals surface area contributed by atoms with Crippen molar-refractivity contribution < 1.29 is 19.1 Å². The fourth-order valence-corrected chi connectivity index (χ4v) is 3.25. The molecule has 0 aromatic heterocycles. The van der Waals surface area contributed by atoms with Crippen LogP contribution >= 0.6 is 23.2 Å². The molecule has 0 aliphatic heterocycles. The summed E-state index contributed by atoms with van der Waals surface area (Å²) < 4.78 is 10.5. The number of anilines is 1. The van der Waals surface area contributed by atoms with Gasteiger partial charge in [0.25, 0.3) is 5.91 Å². The summed E-state index contributed by atoms with van der Waals surface area (Å²) in [6.07, 6.45) is 0.454. The summed E-state index contributed by atoms with van der Waals surface area (Å²) in [6.45, 7) is 3.94. The molecule has 0 saturated carbocycles. The van der Waals surface area contributed by atoms with E-state index in [0.717, 1.165) is 0 Å². The lowest BCUT2D eigenvalue weighted by Crippen LogP contribution is -2.44. The molecule has 0 aliphatic carbocycles. The van der Waals surface area contributed by atoms with Gasteiger partial charge in [0.15, 0.2) is 11.5 Å². The number of ether oxygens (including phenoxy) is 2. The summed E-state index contributed by atoms with van der Waals surface area (Å²) >= 11 is 12.0. The topological polar surface area (TPSA) is 76.7 Å². The molecule has 2 aromatic rings. The highest BCUT2D eigenvalue weighted by Crippen LogP contribution is 2.30. The first-order valence-electron chi connectivity index (χ1n) is 9.04. The molecule has 156 valence electrons. The Labute approximate surface area is 180 Å². The number of halogens is 2. The number of carbonyl (C=O) groups is 2. The fraction of sp³-hybridized carbons (Fsp3) is 0.333. The third kappa shape index (κ3) is 6.27. The highest BCUT2D eigenvalue weighted by Gasteiger charge is 2.24. The van der Waals surface area contributed by atoms with E-state index in [2.05, 4.69) is 10.6 Å². The maximum absolute atomic E-state index is 12.9. The number of hydrogen-bond acceptors (Lipinski definition) is 4. The highest BCUT2D eigenvalue weighted by atomic mass is 35.5. The lowest BCUT2D eigenvalue weighted by atomic mass is 10.0. The van der Waals surface area contributed by atoms with E-state index in [-0.39, 0.29) is 22.4 Å². The largest absolute Gasteiger partial charge is 0.493 e. The molecule has 1 atom stereocenters. The molecule has 2 rings (SSSR count). The number of benzene rings is 2. The Morgan fingerprint density at radius 1 is 1.00 bits per heavy atom. The number of rotatable bonds is 8. The second-order valence-electron chi connectivity index (χ2n) is 6.84. The molecule has 0 fully saturated rings. The lowest BCUT2D eigenvalue weighted by Gasteiger charge is -2.21. The molecule has 0 unspecified atom stereocenters. The van der Waals surface area contributed by atoms with E-state index >= 15 is 0 Å². The van der Waals surface area contributed by atoms with Crippen LogP contribution in [-0.2, 0) is 4.79 Å². The summed E-state index contributed by atoms with van der Waals surface area (Å²) in [7, 11) is 3.05. The number of hydrogen-bond donors (Lipinski definition) is 2. The predicted molar refractivity (Wildman–Crippen MR) is 115 cm³/mol. The molecule has 29 heavy (non-hydrogen) atoms. The molecule has 8 heteroatoms. The van der Waals surface area contributed by atoms with Gasteiger partial charge in [0.05, 0.1) is 24.8 Å². The Balaban J connectivity index is 2.18.